The van der Waals surface area contributed by atoms with E-state index in [2.05, 4.69) is 33.5 Å². The predicted octanol–water partition coefficient (Wildman–Crippen LogP) is 3.30. The minimum Gasteiger partial charge on any atom is -0.366 e. The fourth-order valence-corrected chi connectivity index (χ4v) is 6.07. The number of carbonyl (C=O) groups excluding carboxylic acids is 1. The highest BCUT2D eigenvalue weighted by Crippen LogP contribution is 2.26. The van der Waals surface area contributed by atoms with Gasteiger partial charge < -0.3 is 5.73 Å². The molecule has 2 nitrogen and oxygen atoms in total. The van der Waals surface area contributed by atoms with Crippen molar-refractivity contribution in [3.05, 3.63) is 16.0 Å². The van der Waals surface area contributed by atoms with Crippen LogP contribution in [0.15, 0.2) is 0 Å². The van der Waals surface area contributed by atoms with Gasteiger partial charge in [0.15, 0.2) is 0 Å². The van der Waals surface area contributed by atoms with Crippen LogP contribution < -0.4 is 10.2 Å². The van der Waals surface area contributed by atoms with Gasteiger partial charge in [0.25, 0.3) is 0 Å². The Labute approximate surface area is 116 Å². The Balaban J connectivity index is 3.43. The molecule has 2 N–H and O–H groups in total. The van der Waals surface area contributed by atoms with Gasteiger partial charge in [0, 0.05) is 9.38 Å². The van der Waals surface area contributed by atoms with E-state index in [1.54, 1.807) is 0 Å². The summed E-state index contributed by atoms with van der Waals surface area (Å²) in [6.07, 6.45) is 4.25. The van der Waals surface area contributed by atoms with Crippen molar-refractivity contribution in [3.63, 3.8) is 0 Å². The summed E-state index contributed by atoms with van der Waals surface area (Å²) < 4.78 is 1.29. The van der Waals surface area contributed by atoms with E-state index in [0.717, 1.165) is 31.2 Å². The van der Waals surface area contributed by atoms with E-state index in [9.17, 15) is 4.79 Å². The van der Waals surface area contributed by atoms with Gasteiger partial charge in [0.2, 0.25) is 5.91 Å². The van der Waals surface area contributed by atoms with Crippen LogP contribution in [0.2, 0.25) is 19.6 Å². The SMILES string of the molecule is CCCc1sc([Si](C)(C)C)c(C(N)=O)c1CCC. The monoisotopic (exact) mass is 283 g/mol. The molecule has 0 aromatic carbocycles. The molecule has 0 unspecified atom stereocenters. The van der Waals surface area contributed by atoms with Gasteiger partial charge in [0.1, 0.15) is 0 Å². The van der Waals surface area contributed by atoms with Crippen LogP contribution in [0.3, 0.4) is 0 Å². The number of nitrogens with two attached hydrogens (primary N) is 1. The summed E-state index contributed by atoms with van der Waals surface area (Å²) in [6, 6.07) is 0. The smallest absolute Gasteiger partial charge is 0.249 e. The number of primary amides is 1. The molecule has 0 atom stereocenters. The number of carbonyl (C=O) groups is 1. The van der Waals surface area contributed by atoms with Crippen LogP contribution in [0, 0.1) is 0 Å². The summed E-state index contributed by atoms with van der Waals surface area (Å²) in [5.41, 5.74) is 7.75. The molecule has 1 heterocycles. The van der Waals surface area contributed by atoms with Crippen molar-refractivity contribution < 1.29 is 4.79 Å². The lowest BCUT2D eigenvalue weighted by atomic mass is 10.0. The number of hydrogen-bond donors (Lipinski definition) is 1. The number of amides is 1. The van der Waals surface area contributed by atoms with E-state index in [0.29, 0.717) is 0 Å². The van der Waals surface area contributed by atoms with Crippen LogP contribution in [0.1, 0.15) is 47.5 Å². The van der Waals surface area contributed by atoms with Crippen LogP contribution >= 0.6 is 11.3 Å². The third-order valence-corrected chi connectivity index (χ3v) is 7.86. The van der Waals surface area contributed by atoms with Gasteiger partial charge in [0.05, 0.1) is 13.6 Å². The summed E-state index contributed by atoms with van der Waals surface area (Å²) in [7, 11) is -1.49. The molecule has 0 aliphatic heterocycles. The van der Waals surface area contributed by atoms with Crippen LogP contribution in [-0.4, -0.2) is 14.0 Å². The molecule has 0 bridgehead atoms. The standard InChI is InChI=1S/C14H25NOSSi/c1-6-8-10-11(9-7-2)17-14(18(3,4)5)12(10)13(15)16/h6-9H2,1-5H3,(H2,15,16). The first-order chi connectivity index (χ1) is 8.32. The van der Waals surface area contributed by atoms with E-state index < -0.39 is 8.07 Å². The molecule has 0 radical (unpaired) electrons. The van der Waals surface area contributed by atoms with Gasteiger partial charge in [-0.15, -0.1) is 11.3 Å². The van der Waals surface area contributed by atoms with E-state index >= 15 is 0 Å². The van der Waals surface area contributed by atoms with Crippen molar-refractivity contribution in [2.45, 2.75) is 59.2 Å². The van der Waals surface area contributed by atoms with Crippen LogP contribution in [-0.2, 0) is 12.8 Å². The average molecular weight is 284 g/mol. The van der Waals surface area contributed by atoms with Crippen LogP contribution in [0.25, 0.3) is 0 Å². The first-order valence-electron chi connectivity index (χ1n) is 6.77. The maximum Gasteiger partial charge on any atom is 0.249 e. The fourth-order valence-electron chi connectivity index (χ4n) is 2.24. The third-order valence-electron chi connectivity index (χ3n) is 3.00. The molecule has 0 fully saturated rings. The molecule has 1 aromatic heterocycles. The molecule has 0 saturated carbocycles. The summed E-state index contributed by atoms with van der Waals surface area (Å²) >= 11 is 1.85. The number of hydrogen-bond acceptors (Lipinski definition) is 2. The minimum atomic E-state index is -1.49. The lowest BCUT2D eigenvalue weighted by Crippen LogP contribution is -2.40. The molecule has 1 rings (SSSR count). The topological polar surface area (TPSA) is 43.1 Å². The van der Waals surface area contributed by atoms with E-state index in [-0.39, 0.29) is 5.91 Å². The summed E-state index contributed by atoms with van der Waals surface area (Å²) in [6.45, 7) is 11.2. The van der Waals surface area contributed by atoms with Crippen molar-refractivity contribution >= 4 is 29.8 Å². The molecule has 4 heteroatoms. The normalized spacial score (nSPS) is 11.8. The van der Waals surface area contributed by atoms with Gasteiger partial charge in [-0.3, -0.25) is 4.79 Å². The fraction of sp³-hybridized carbons (Fsp3) is 0.643. The van der Waals surface area contributed by atoms with Crippen molar-refractivity contribution in [2.75, 3.05) is 0 Å². The van der Waals surface area contributed by atoms with Crippen molar-refractivity contribution in [1.82, 2.24) is 0 Å². The minimum absolute atomic E-state index is 0.227. The summed E-state index contributed by atoms with van der Waals surface area (Å²) in [5, 5.41) is 0. The Morgan fingerprint density at radius 1 is 1.17 bits per heavy atom. The van der Waals surface area contributed by atoms with Gasteiger partial charge in [-0.2, -0.15) is 0 Å². The first kappa shape index (κ1) is 15.4. The zero-order chi connectivity index (χ0) is 13.9. The molecule has 1 amide bonds. The molecule has 0 aliphatic rings. The van der Waals surface area contributed by atoms with Gasteiger partial charge in [-0.1, -0.05) is 46.3 Å². The molecule has 102 valence electrons. The van der Waals surface area contributed by atoms with Crippen LogP contribution in [0.4, 0.5) is 0 Å². The number of aryl methyl sites for hydroxylation is 1. The zero-order valence-electron chi connectivity index (χ0n) is 12.2. The largest absolute Gasteiger partial charge is 0.366 e. The predicted molar refractivity (Wildman–Crippen MR) is 83.8 cm³/mol. The van der Waals surface area contributed by atoms with E-state index in [1.807, 2.05) is 11.3 Å². The van der Waals surface area contributed by atoms with Crippen molar-refractivity contribution in [3.8, 4) is 0 Å². The summed E-state index contributed by atoms with van der Waals surface area (Å²) in [4.78, 5) is 13.2. The molecule has 0 saturated heterocycles. The Bertz CT molecular complexity index is 432. The van der Waals surface area contributed by atoms with Gasteiger partial charge in [-0.05, 0) is 18.4 Å². The molecular weight excluding hydrogens is 258 g/mol. The quantitative estimate of drug-likeness (QED) is 0.800. The highest BCUT2D eigenvalue weighted by Gasteiger charge is 2.29. The molecular formula is C14H25NOSSi. The molecule has 18 heavy (non-hydrogen) atoms. The third kappa shape index (κ3) is 3.23. The second kappa shape index (κ2) is 6.02. The average Bonchev–Trinajstić information content (AvgIpc) is 2.58. The second-order valence-corrected chi connectivity index (χ2v) is 12.3. The Morgan fingerprint density at radius 2 is 1.72 bits per heavy atom. The maximum atomic E-state index is 11.8. The van der Waals surface area contributed by atoms with Crippen molar-refractivity contribution in [2.24, 2.45) is 5.73 Å². The van der Waals surface area contributed by atoms with E-state index in [1.165, 1.54) is 14.9 Å². The van der Waals surface area contributed by atoms with Crippen molar-refractivity contribution in [1.29, 1.82) is 0 Å². The van der Waals surface area contributed by atoms with Crippen LogP contribution in [0.5, 0.6) is 0 Å². The van der Waals surface area contributed by atoms with Gasteiger partial charge >= 0.3 is 0 Å². The number of thiophene rings is 1. The second-order valence-electron chi connectivity index (χ2n) is 5.82. The molecule has 0 spiro atoms. The first-order valence-corrected chi connectivity index (χ1v) is 11.1. The molecule has 0 aliphatic carbocycles. The van der Waals surface area contributed by atoms with E-state index in [4.69, 9.17) is 5.73 Å². The lowest BCUT2D eigenvalue weighted by molar-refractivity contribution is 0.100. The number of rotatable bonds is 6. The lowest BCUT2D eigenvalue weighted by Gasteiger charge is -2.15. The maximum absolute atomic E-state index is 11.8. The highest BCUT2D eigenvalue weighted by molar-refractivity contribution is 7.27. The highest BCUT2D eigenvalue weighted by atomic mass is 32.1. The molecule has 1 aromatic rings. The van der Waals surface area contributed by atoms with Gasteiger partial charge in [-0.25, -0.2) is 0 Å². The summed E-state index contributed by atoms with van der Waals surface area (Å²) in [5.74, 6) is -0.227. The Kier molecular flexibility index (Phi) is 5.17. The zero-order valence-corrected chi connectivity index (χ0v) is 14.0. The Hall–Kier alpha value is -0.613. The Morgan fingerprint density at radius 3 is 2.11 bits per heavy atom.